The molecule has 0 fully saturated rings. The number of nitrogens with zero attached hydrogens (tertiary/aromatic N) is 4. The highest BCUT2D eigenvalue weighted by Crippen LogP contribution is 2.23. The first-order valence-electron chi connectivity index (χ1n) is 14.6. The molecule has 218 valence electrons. The third-order valence-corrected chi connectivity index (χ3v) is 7.32. The molecule has 0 amide bonds. The summed E-state index contributed by atoms with van der Waals surface area (Å²) in [5.41, 5.74) is 0.119. The summed E-state index contributed by atoms with van der Waals surface area (Å²) in [5, 5.41) is 0.281. The molecule has 1 aromatic carbocycles. The second-order valence-corrected chi connectivity index (χ2v) is 12.0. The van der Waals surface area contributed by atoms with Crippen molar-refractivity contribution in [3.63, 3.8) is 0 Å². The third kappa shape index (κ3) is 8.79. The first-order chi connectivity index (χ1) is 18.4. The van der Waals surface area contributed by atoms with Gasteiger partial charge in [0.1, 0.15) is 11.6 Å². The van der Waals surface area contributed by atoms with E-state index in [4.69, 9.17) is 11.6 Å². The Morgan fingerprint density at radius 1 is 0.923 bits per heavy atom. The van der Waals surface area contributed by atoms with Gasteiger partial charge in [0.15, 0.2) is 11.2 Å². The van der Waals surface area contributed by atoms with Crippen molar-refractivity contribution in [3.8, 4) is 0 Å². The van der Waals surface area contributed by atoms with Crippen LogP contribution in [0.1, 0.15) is 111 Å². The molecule has 0 N–H and O–H groups in total. The van der Waals surface area contributed by atoms with Gasteiger partial charge in [-0.05, 0) is 51.2 Å². The highest BCUT2D eigenvalue weighted by molar-refractivity contribution is 6.31. The average molecular weight is 563 g/mol. The molecule has 0 aliphatic carbocycles. The van der Waals surface area contributed by atoms with Gasteiger partial charge in [0, 0.05) is 23.2 Å². The van der Waals surface area contributed by atoms with Crippen LogP contribution in [0.2, 0.25) is 5.02 Å². The largest absolute Gasteiger partial charge is 0.332 e. The van der Waals surface area contributed by atoms with Crippen LogP contribution in [0.15, 0.2) is 27.8 Å². The first-order valence-corrected chi connectivity index (χ1v) is 14.9. The van der Waals surface area contributed by atoms with Crippen molar-refractivity contribution >= 4 is 22.8 Å². The zero-order chi connectivity index (χ0) is 29.3. The van der Waals surface area contributed by atoms with Crippen molar-refractivity contribution in [2.75, 3.05) is 0 Å². The predicted molar refractivity (Wildman–Crippen MR) is 162 cm³/mol. The smallest absolute Gasteiger partial charge is 0.318 e. The van der Waals surface area contributed by atoms with Gasteiger partial charge < -0.3 is 4.57 Å². The van der Waals surface area contributed by atoms with Crippen LogP contribution in [-0.2, 0) is 13.1 Å². The summed E-state index contributed by atoms with van der Waals surface area (Å²) in [6.07, 6.45) is 9.25. The molecule has 0 spiro atoms. The number of hydrogen-bond donors (Lipinski definition) is 0. The fourth-order valence-electron chi connectivity index (χ4n) is 4.60. The number of imidazole rings is 1. The molecular formula is C31H48ClFN4O2. The van der Waals surface area contributed by atoms with Crippen molar-refractivity contribution < 1.29 is 4.39 Å². The van der Waals surface area contributed by atoms with Crippen LogP contribution in [0.3, 0.4) is 0 Å². The molecule has 0 radical (unpaired) electrons. The van der Waals surface area contributed by atoms with Crippen molar-refractivity contribution in [2.24, 2.45) is 11.8 Å². The van der Waals surface area contributed by atoms with Crippen molar-refractivity contribution in [1.29, 1.82) is 0 Å². The van der Waals surface area contributed by atoms with Gasteiger partial charge in [-0.2, -0.15) is 0 Å². The first kappa shape index (κ1) is 32.8. The van der Waals surface area contributed by atoms with E-state index in [1.54, 1.807) is 17.6 Å². The van der Waals surface area contributed by atoms with Gasteiger partial charge in [0.05, 0.1) is 6.54 Å². The summed E-state index contributed by atoms with van der Waals surface area (Å²) in [6.45, 7) is 16.8. The Kier molecular flexibility index (Phi) is 12.9. The van der Waals surface area contributed by atoms with E-state index in [1.165, 1.54) is 59.8 Å². The summed E-state index contributed by atoms with van der Waals surface area (Å²) < 4.78 is 18.8. The highest BCUT2D eigenvalue weighted by Gasteiger charge is 2.22. The molecule has 2 heterocycles. The Morgan fingerprint density at radius 3 is 2.13 bits per heavy atom. The number of unbranched alkanes of at least 4 members (excludes halogenated alkanes) is 4. The predicted octanol–water partition coefficient (Wildman–Crippen LogP) is 8.14. The number of hydrogen-bond acceptors (Lipinski definition) is 3. The second-order valence-electron chi connectivity index (χ2n) is 11.6. The minimum absolute atomic E-state index is 0.0591. The van der Waals surface area contributed by atoms with Crippen LogP contribution in [-0.4, -0.2) is 18.7 Å². The van der Waals surface area contributed by atoms with Crippen LogP contribution in [0.5, 0.6) is 0 Å². The van der Waals surface area contributed by atoms with E-state index in [-0.39, 0.29) is 28.9 Å². The molecule has 0 saturated carbocycles. The number of benzene rings is 1. The molecule has 0 atom stereocenters. The minimum atomic E-state index is -0.448. The number of rotatable bonds is 12. The Bertz CT molecular complexity index is 1300. The van der Waals surface area contributed by atoms with E-state index in [0.717, 1.165) is 5.92 Å². The van der Waals surface area contributed by atoms with Gasteiger partial charge in [0.25, 0.3) is 5.56 Å². The van der Waals surface area contributed by atoms with Crippen molar-refractivity contribution in [2.45, 2.75) is 119 Å². The molecule has 0 saturated heterocycles. The molecule has 6 nitrogen and oxygen atoms in total. The fourth-order valence-corrected chi connectivity index (χ4v) is 4.83. The molecule has 0 aliphatic heterocycles. The SMILES string of the molecule is CCCCCCCC(C)C.Cc1nc2c(c(=O)n(CCC(C)C)c(=O)n2C(C)C)n1Cc1c(F)cccc1Cl. The van der Waals surface area contributed by atoms with Crippen LogP contribution < -0.4 is 11.2 Å². The fraction of sp³-hybridized carbons (Fsp3) is 0.645. The average Bonchev–Trinajstić information content (AvgIpc) is 3.16. The lowest BCUT2D eigenvalue weighted by molar-refractivity contribution is 0.467. The highest BCUT2D eigenvalue weighted by atomic mass is 35.5. The van der Waals surface area contributed by atoms with Crippen LogP contribution in [0.25, 0.3) is 11.2 Å². The lowest BCUT2D eigenvalue weighted by Gasteiger charge is -2.16. The second kappa shape index (κ2) is 15.4. The summed E-state index contributed by atoms with van der Waals surface area (Å²) in [6, 6.07) is 4.30. The molecule has 0 unspecified atom stereocenters. The molecule has 3 rings (SSSR count). The Balaban J connectivity index is 0.000000455. The van der Waals surface area contributed by atoms with Crippen molar-refractivity contribution in [1.82, 2.24) is 18.7 Å². The maximum absolute atomic E-state index is 14.4. The topological polar surface area (TPSA) is 61.8 Å². The molecule has 0 aliphatic rings. The maximum Gasteiger partial charge on any atom is 0.332 e. The zero-order valence-corrected chi connectivity index (χ0v) is 25.9. The Labute approximate surface area is 238 Å². The number of halogens is 2. The quantitative estimate of drug-likeness (QED) is 0.209. The Hall–Kier alpha value is -2.41. The monoisotopic (exact) mass is 562 g/mol. The van der Waals surface area contributed by atoms with E-state index >= 15 is 0 Å². The molecular weight excluding hydrogens is 515 g/mol. The summed E-state index contributed by atoms with van der Waals surface area (Å²) in [4.78, 5) is 30.8. The normalized spacial score (nSPS) is 11.6. The zero-order valence-electron chi connectivity index (χ0n) is 25.2. The van der Waals surface area contributed by atoms with Crippen LogP contribution in [0, 0.1) is 24.6 Å². The standard InChI is InChI=1S/C21H26ClFN4O2.C10H22/c1-12(2)9-10-25-20(28)18-19(27(13(3)4)21(25)29)24-14(5)26(18)11-15-16(22)7-6-8-17(15)23;1-4-5-6-7-8-9-10(2)3/h6-8,12-13H,9-11H2,1-5H3;10H,4-9H2,1-3H3. The summed E-state index contributed by atoms with van der Waals surface area (Å²) in [7, 11) is 0. The molecule has 8 heteroatoms. The van der Waals surface area contributed by atoms with Crippen LogP contribution >= 0.6 is 11.6 Å². The van der Waals surface area contributed by atoms with Gasteiger partial charge >= 0.3 is 5.69 Å². The number of fused-ring (bicyclic) bond motifs is 1. The lowest BCUT2D eigenvalue weighted by Crippen LogP contribution is -2.41. The van der Waals surface area contributed by atoms with Crippen LogP contribution in [0.4, 0.5) is 4.39 Å². The van der Waals surface area contributed by atoms with E-state index in [1.807, 2.05) is 27.7 Å². The van der Waals surface area contributed by atoms with E-state index in [9.17, 15) is 14.0 Å². The maximum atomic E-state index is 14.4. The van der Waals surface area contributed by atoms with Crippen molar-refractivity contribution in [3.05, 3.63) is 61.3 Å². The number of aryl methyl sites for hydroxylation is 1. The molecule has 0 bridgehead atoms. The van der Waals surface area contributed by atoms with Gasteiger partial charge in [-0.15, -0.1) is 0 Å². The van der Waals surface area contributed by atoms with Gasteiger partial charge in [0.2, 0.25) is 0 Å². The Morgan fingerprint density at radius 2 is 1.56 bits per heavy atom. The van der Waals surface area contributed by atoms with E-state index in [2.05, 4.69) is 25.8 Å². The molecule has 3 aromatic rings. The molecule has 2 aromatic heterocycles. The molecule has 39 heavy (non-hydrogen) atoms. The summed E-state index contributed by atoms with van der Waals surface area (Å²) in [5.74, 6) is 1.32. The van der Waals surface area contributed by atoms with Gasteiger partial charge in [-0.1, -0.05) is 90.8 Å². The van der Waals surface area contributed by atoms with E-state index in [0.29, 0.717) is 35.9 Å². The third-order valence-electron chi connectivity index (χ3n) is 6.96. The van der Waals surface area contributed by atoms with Gasteiger partial charge in [-0.3, -0.25) is 13.9 Å². The van der Waals surface area contributed by atoms with E-state index < -0.39 is 11.4 Å². The van der Waals surface area contributed by atoms with Gasteiger partial charge in [-0.25, -0.2) is 14.2 Å². The lowest BCUT2D eigenvalue weighted by atomic mass is 10.0. The number of aromatic nitrogens is 4. The summed E-state index contributed by atoms with van der Waals surface area (Å²) >= 11 is 6.20. The minimum Gasteiger partial charge on any atom is -0.318 e.